The molecule has 0 aromatic heterocycles. The first kappa shape index (κ1) is 13.1. The Labute approximate surface area is 99.8 Å². The largest absolute Gasteiger partial charge is 0.424 e. The van der Waals surface area contributed by atoms with Gasteiger partial charge in [0.05, 0.1) is 0 Å². The van der Waals surface area contributed by atoms with Crippen molar-refractivity contribution in [1.29, 1.82) is 0 Å². The molecular weight excluding hydrogens is 246 g/mol. The molecule has 2 unspecified atom stereocenters. The standard InChI is InChI=1S/C9H11N3O4S/c10-9(11)12-7(17(14)15)8(13)16-6-4-2-1-3-5-6/h1-5,7H,(H,14,15)(H4,10,11,12). The second-order valence-electron chi connectivity index (χ2n) is 2.92. The molecule has 92 valence electrons. The fraction of sp³-hybridized carbons (Fsp3) is 0.111. The summed E-state index contributed by atoms with van der Waals surface area (Å²) in [5.41, 5.74) is 10.1. The molecule has 0 aliphatic rings. The smallest absolute Gasteiger partial charge is 0.352 e. The van der Waals surface area contributed by atoms with Gasteiger partial charge in [-0.3, -0.25) is 0 Å². The van der Waals surface area contributed by atoms with Crippen molar-refractivity contribution in [3.63, 3.8) is 0 Å². The van der Waals surface area contributed by atoms with Crippen molar-refractivity contribution in [2.75, 3.05) is 0 Å². The van der Waals surface area contributed by atoms with Crippen molar-refractivity contribution in [1.82, 2.24) is 0 Å². The first-order chi connectivity index (χ1) is 8.00. The molecular formula is C9H11N3O4S. The van der Waals surface area contributed by atoms with Crippen LogP contribution >= 0.6 is 0 Å². The maximum Gasteiger partial charge on any atom is 0.352 e. The molecule has 1 aromatic rings. The van der Waals surface area contributed by atoms with Crippen molar-refractivity contribution < 1.29 is 18.3 Å². The van der Waals surface area contributed by atoms with Gasteiger partial charge in [-0.2, -0.15) is 0 Å². The van der Waals surface area contributed by atoms with Crippen LogP contribution in [0.4, 0.5) is 0 Å². The fourth-order valence-corrected chi connectivity index (χ4v) is 1.40. The molecule has 2 atom stereocenters. The van der Waals surface area contributed by atoms with Crippen LogP contribution < -0.4 is 16.2 Å². The Morgan fingerprint density at radius 3 is 2.41 bits per heavy atom. The maximum atomic E-state index is 11.5. The molecule has 0 spiro atoms. The van der Waals surface area contributed by atoms with E-state index < -0.39 is 28.4 Å². The minimum atomic E-state index is -2.55. The average molecular weight is 257 g/mol. The summed E-state index contributed by atoms with van der Waals surface area (Å²) in [6.07, 6.45) is 0. The lowest BCUT2D eigenvalue weighted by Crippen LogP contribution is -2.33. The van der Waals surface area contributed by atoms with E-state index in [4.69, 9.17) is 20.8 Å². The van der Waals surface area contributed by atoms with Gasteiger partial charge in [-0.1, -0.05) is 18.2 Å². The van der Waals surface area contributed by atoms with Crippen molar-refractivity contribution in [3.05, 3.63) is 30.3 Å². The highest BCUT2D eigenvalue weighted by Gasteiger charge is 2.26. The monoisotopic (exact) mass is 257 g/mol. The van der Waals surface area contributed by atoms with Gasteiger partial charge in [0, 0.05) is 0 Å². The summed E-state index contributed by atoms with van der Waals surface area (Å²) < 4.78 is 24.5. The van der Waals surface area contributed by atoms with E-state index in [9.17, 15) is 9.00 Å². The SMILES string of the molecule is NC(N)=NC(C(=O)Oc1ccccc1)S(=O)O. The van der Waals surface area contributed by atoms with Gasteiger partial charge in [0.1, 0.15) is 5.75 Å². The molecule has 1 rings (SSSR count). The first-order valence-corrected chi connectivity index (χ1v) is 5.63. The van der Waals surface area contributed by atoms with E-state index in [2.05, 4.69) is 4.99 Å². The van der Waals surface area contributed by atoms with Crippen LogP contribution in [0.5, 0.6) is 5.75 Å². The van der Waals surface area contributed by atoms with Crippen LogP contribution in [0.3, 0.4) is 0 Å². The number of guanidine groups is 1. The Hall–Kier alpha value is -1.93. The molecule has 17 heavy (non-hydrogen) atoms. The Balaban J connectivity index is 2.80. The van der Waals surface area contributed by atoms with E-state index >= 15 is 0 Å². The van der Waals surface area contributed by atoms with Crippen LogP contribution in [0.1, 0.15) is 0 Å². The number of hydrogen-bond donors (Lipinski definition) is 3. The van der Waals surface area contributed by atoms with E-state index in [-0.39, 0.29) is 5.75 Å². The van der Waals surface area contributed by atoms with Gasteiger partial charge >= 0.3 is 5.97 Å². The first-order valence-electron chi connectivity index (χ1n) is 4.46. The Morgan fingerprint density at radius 2 is 1.94 bits per heavy atom. The highest BCUT2D eigenvalue weighted by molar-refractivity contribution is 7.80. The predicted molar refractivity (Wildman–Crippen MR) is 62.4 cm³/mol. The van der Waals surface area contributed by atoms with Crippen molar-refractivity contribution in [3.8, 4) is 5.75 Å². The van der Waals surface area contributed by atoms with Crippen molar-refractivity contribution >= 4 is 23.0 Å². The van der Waals surface area contributed by atoms with Gasteiger partial charge in [-0.15, -0.1) is 0 Å². The van der Waals surface area contributed by atoms with Crippen LogP contribution in [0.25, 0.3) is 0 Å². The van der Waals surface area contributed by atoms with Crippen LogP contribution in [0, 0.1) is 0 Å². The van der Waals surface area contributed by atoms with E-state index in [1.165, 1.54) is 12.1 Å². The molecule has 5 N–H and O–H groups in total. The topological polar surface area (TPSA) is 128 Å². The van der Waals surface area contributed by atoms with Crippen LogP contribution in [0.15, 0.2) is 35.3 Å². The van der Waals surface area contributed by atoms with Crippen LogP contribution in [-0.4, -0.2) is 26.1 Å². The summed E-state index contributed by atoms with van der Waals surface area (Å²) in [4.78, 5) is 14.8. The van der Waals surface area contributed by atoms with Gasteiger partial charge in [0.2, 0.25) is 0 Å². The number of esters is 1. The number of para-hydroxylation sites is 1. The van der Waals surface area contributed by atoms with Gasteiger partial charge in [-0.25, -0.2) is 14.0 Å². The fourth-order valence-electron chi connectivity index (χ4n) is 0.971. The van der Waals surface area contributed by atoms with E-state index in [0.29, 0.717) is 0 Å². The molecule has 0 fully saturated rings. The number of carbonyl (C=O) groups is 1. The highest BCUT2D eigenvalue weighted by Crippen LogP contribution is 2.11. The Morgan fingerprint density at radius 1 is 1.35 bits per heavy atom. The lowest BCUT2D eigenvalue weighted by Gasteiger charge is -2.08. The minimum absolute atomic E-state index is 0.235. The molecule has 7 nitrogen and oxygen atoms in total. The summed E-state index contributed by atoms with van der Waals surface area (Å²) in [7, 11) is 0. The third kappa shape index (κ3) is 4.21. The number of carbonyl (C=O) groups excluding carboxylic acids is 1. The normalized spacial score (nSPS) is 13.5. The number of hydrogen-bond acceptors (Lipinski definition) is 4. The second-order valence-corrected chi connectivity index (χ2v) is 3.92. The third-order valence-electron chi connectivity index (χ3n) is 1.62. The van der Waals surface area contributed by atoms with E-state index in [1.807, 2.05) is 0 Å². The number of ether oxygens (including phenoxy) is 1. The molecule has 8 heteroatoms. The number of aliphatic imine (C=N–C) groups is 1. The minimum Gasteiger partial charge on any atom is -0.424 e. The Bertz CT molecular complexity index is 445. The van der Waals surface area contributed by atoms with Crippen molar-refractivity contribution in [2.45, 2.75) is 5.37 Å². The summed E-state index contributed by atoms with van der Waals surface area (Å²) >= 11 is -2.55. The van der Waals surface area contributed by atoms with Gasteiger partial charge < -0.3 is 20.8 Å². The third-order valence-corrected chi connectivity index (χ3v) is 2.30. The molecule has 0 heterocycles. The number of benzene rings is 1. The lowest BCUT2D eigenvalue weighted by atomic mass is 10.3. The summed E-state index contributed by atoms with van der Waals surface area (Å²) in [5, 5.41) is -1.65. The van der Waals surface area contributed by atoms with Gasteiger partial charge in [-0.05, 0) is 12.1 Å². The zero-order valence-corrected chi connectivity index (χ0v) is 9.46. The number of nitrogens with zero attached hydrogens (tertiary/aromatic N) is 1. The van der Waals surface area contributed by atoms with Crippen LogP contribution in [0.2, 0.25) is 0 Å². The van der Waals surface area contributed by atoms with E-state index in [1.54, 1.807) is 18.2 Å². The molecule has 0 amide bonds. The average Bonchev–Trinajstić information content (AvgIpc) is 2.26. The molecule has 0 radical (unpaired) electrons. The zero-order valence-electron chi connectivity index (χ0n) is 8.65. The Kier molecular flexibility index (Phi) is 4.61. The van der Waals surface area contributed by atoms with Gasteiger partial charge in [0.15, 0.2) is 17.0 Å². The summed E-state index contributed by atoms with van der Waals surface area (Å²) in [6, 6.07) is 8.06. The number of rotatable bonds is 4. The predicted octanol–water partition coefficient (Wildman–Crippen LogP) is -0.587. The van der Waals surface area contributed by atoms with Gasteiger partial charge in [0.25, 0.3) is 5.37 Å². The van der Waals surface area contributed by atoms with E-state index in [0.717, 1.165) is 0 Å². The van der Waals surface area contributed by atoms with Crippen LogP contribution in [-0.2, 0) is 15.9 Å². The number of nitrogens with two attached hydrogens (primary N) is 2. The molecule has 1 aromatic carbocycles. The molecule has 0 aliphatic heterocycles. The summed E-state index contributed by atoms with van der Waals surface area (Å²) in [6.45, 7) is 0. The molecule has 0 aliphatic carbocycles. The quantitative estimate of drug-likeness (QED) is 0.217. The lowest BCUT2D eigenvalue weighted by molar-refractivity contribution is -0.133. The molecule has 0 saturated carbocycles. The summed E-state index contributed by atoms with van der Waals surface area (Å²) in [5.74, 6) is -1.24. The second kappa shape index (κ2) is 5.97. The zero-order chi connectivity index (χ0) is 12.8. The maximum absolute atomic E-state index is 11.5. The van der Waals surface area contributed by atoms with Crippen molar-refractivity contribution in [2.24, 2.45) is 16.5 Å². The molecule has 0 bridgehead atoms. The highest BCUT2D eigenvalue weighted by atomic mass is 32.2. The molecule has 0 saturated heterocycles.